The molecule has 2 rings (SSSR count). The Balaban J connectivity index is 1.94. The minimum absolute atomic E-state index is 0.190. The molecule has 0 aromatic heterocycles. The standard InChI is InChI=1S/C7H13NO3/c9-7(10)5-3-6-4(8-5)1-2-11-6/h4-10H,1-3H2/t4-,5?,6-/m1/s1. The first kappa shape index (κ1) is 7.49. The van der Waals surface area contributed by atoms with Gasteiger partial charge in [0.2, 0.25) is 0 Å². The molecule has 0 amide bonds. The van der Waals surface area contributed by atoms with Gasteiger partial charge in [-0.2, -0.15) is 0 Å². The van der Waals surface area contributed by atoms with Gasteiger partial charge in [-0.3, -0.25) is 0 Å². The fourth-order valence-electron chi connectivity index (χ4n) is 1.87. The highest BCUT2D eigenvalue weighted by molar-refractivity contribution is 4.95. The Morgan fingerprint density at radius 1 is 1.45 bits per heavy atom. The Bertz CT molecular complexity index is 139. The molecule has 0 aliphatic carbocycles. The molecule has 0 bridgehead atoms. The van der Waals surface area contributed by atoms with Crippen LogP contribution in [0.25, 0.3) is 0 Å². The van der Waals surface area contributed by atoms with Crippen LogP contribution in [0.4, 0.5) is 0 Å². The van der Waals surface area contributed by atoms with Gasteiger partial charge >= 0.3 is 0 Å². The molecule has 0 radical (unpaired) electrons. The third-order valence-corrected chi connectivity index (χ3v) is 2.48. The highest BCUT2D eigenvalue weighted by Gasteiger charge is 2.40. The quantitative estimate of drug-likeness (QED) is 0.421. The number of aliphatic hydroxyl groups excluding tert-OH is 1. The summed E-state index contributed by atoms with van der Waals surface area (Å²) in [7, 11) is 0. The lowest BCUT2D eigenvalue weighted by Crippen LogP contribution is -2.38. The molecule has 4 nitrogen and oxygen atoms in total. The highest BCUT2D eigenvalue weighted by atomic mass is 16.5. The molecule has 0 saturated carbocycles. The molecule has 0 spiro atoms. The third kappa shape index (κ3) is 1.27. The average Bonchev–Trinajstić information content (AvgIpc) is 2.40. The van der Waals surface area contributed by atoms with E-state index in [9.17, 15) is 0 Å². The molecular formula is C7H13NO3. The summed E-state index contributed by atoms with van der Waals surface area (Å²) >= 11 is 0. The minimum atomic E-state index is -1.25. The second kappa shape index (κ2) is 2.71. The Kier molecular flexibility index (Phi) is 1.85. The maximum absolute atomic E-state index is 8.84. The van der Waals surface area contributed by atoms with E-state index in [2.05, 4.69) is 5.32 Å². The van der Waals surface area contributed by atoms with E-state index in [1.807, 2.05) is 0 Å². The maximum Gasteiger partial charge on any atom is 0.167 e. The Morgan fingerprint density at radius 2 is 2.27 bits per heavy atom. The molecule has 3 N–H and O–H groups in total. The number of hydrogen-bond donors (Lipinski definition) is 3. The first-order valence-electron chi connectivity index (χ1n) is 4.01. The molecule has 4 heteroatoms. The average molecular weight is 159 g/mol. The fourth-order valence-corrected chi connectivity index (χ4v) is 1.87. The Morgan fingerprint density at radius 3 is 2.91 bits per heavy atom. The van der Waals surface area contributed by atoms with Gasteiger partial charge in [-0.25, -0.2) is 0 Å². The van der Waals surface area contributed by atoms with Gasteiger partial charge < -0.3 is 20.3 Å². The van der Waals surface area contributed by atoms with E-state index < -0.39 is 6.29 Å². The predicted molar refractivity (Wildman–Crippen MR) is 37.9 cm³/mol. The molecule has 3 atom stereocenters. The summed E-state index contributed by atoms with van der Waals surface area (Å²) < 4.78 is 5.37. The summed E-state index contributed by atoms with van der Waals surface area (Å²) in [6.45, 7) is 0.802. The lowest BCUT2D eigenvalue weighted by molar-refractivity contribution is -0.0667. The second-order valence-electron chi connectivity index (χ2n) is 3.23. The van der Waals surface area contributed by atoms with Crippen LogP contribution in [-0.2, 0) is 4.74 Å². The van der Waals surface area contributed by atoms with Crippen LogP contribution in [0.3, 0.4) is 0 Å². The minimum Gasteiger partial charge on any atom is -0.376 e. The van der Waals surface area contributed by atoms with E-state index in [-0.39, 0.29) is 12.1 Å². The number of nitrogens with one attached hydrogen (secondary N) is 1. The Labute approximate surface area is 65.2 Å². The molecule has 64 valence electrons. The molecular weight excluding hydrogens is 146 g/mol. The lowest BCUT2D eigenvalue weighted by atomic mass is 10.1. The molecule has 1 unspecified atom stereocenters. The van der Waals surface area contributed by atoms with E-state index in [4.69, 9.17) is 14.9 Å². The molecule has 2 saturated heterocycles. The molecule has 2 aliphatic heterocycles. The van der Waals surface area contributed by atoms with Crippen molar-refractivity contribution in [2.75, 3.05) is 6.61 Å². The Hall–Kier alpha value is -0.160. The topological polar surface area (TPSA) is 61.7 Å². The van der Waals surface area contributed by atoms with Crippen molar-refractivity contribution in [3.05, 3.63) is 0 Å². The summed E-state index contributed by atoms with van der Waals surface area (Å²) in [6.07, 6.45) is 0.682. The zero-order valence-corrected chi connectivity index (χ0v) is 6.23. The first-order valence-corrected chi connectivity index (χ1v) is 4.01. The van der Waals surface area contributed by atoms with Gasteiger partial charge in [-0.15, -0.1) is 0 Å². The van der Waals surface area contributed by atoms with Crippen molar-refractivity contribution in [2.24, 2.45) is 0 Å². The van der Waals surface area contributed by atoms with Crippen molar-refractivity contribution in [1.82, 2.24) is 5.32 Å². The molecule has 2 fully saturated rings. The van der Waals surface area contributed by atoms with Crippen molar-refractivity contribution in [3.8, 4) is 0 Å². The summed E-state index contributed by atoms with van der Waals surface area (Å²) in [5.41, 5.74) is 0. The van der Waals surface area contributed by atoms with E-state index >= 15 is 0 Å². The van der Waals surface area contributed by atoms with Crippen molar-refractivity contribution >= 4 is 0 Å². The van der Waals surface area contributed by atoms with Crippen LogP contribution in [0, 0.1) is 0 Å². The van der Waals surface area contributed by atoms with E-state index in [1.165, 1.54) is 0 Å². The molecule has 0 aromatic carbocycles. The van der Waals surface area contributed by atoms with E-state index in [0.717, 1.165) is 19.4 Å². The van der Waals surface area contributed by atoms with Gasteiger partial charge in [-0.05, 0) is 12.8 Å². The molecule has 2 heterocycles. The third-order valence-electron chi connectivity index (χ3n) is 2.48. The van der Waals surface area contributed by atoms with Gasteiger partial charge in [0.15, 0.2) is 6.29 Å². The van der Waals surface area contributed by atoms with Gasteiger partial charge in [0.1, 0.15) is 0 Å². The number of fused-ring (bicyclic) bond motifs is 1. The van der Waals surface area contributed by atoms with E-state index in [0.29, 0.717) is 6.04 Å². The summed E-state index contributed by atoms with van der Waals surface area (Å²) in [4.78, 5) is 0. The normalized spacial score (nSPS) is 43.4. The zero-order valence-electron chi connectivity index (χ0n) is 6.23. The SMILES string of the molecule is OC(O)C1C[C@H]2OCC[C@H]2N1. The second-order valence-corrected chi connectivity index (χ2v) is 3.23. The zero-order chi connectivity index (χ0) is 7.84. The van der Waals surface area contributed by atoms with E-state index in [1.54, 1.807) is 0 Å². The van der Waals surface area contributed by atoms with Crippen LogP contribution in [0.5, 0.6) is 0 Å². The van der Waals surface area contributed by atoms with Crippen molar-refractivity contribution in [3.63, 3.8) is 0 Å². The monoisotopic (exact) mass is 159 g/mol. The molecule has 2 aliphatic rings. The lowest BCUT2D eigenvalue weighted by Gasteiger charge is -2.13. The van der Waals surface area contributed by atoms with Crippen molar-refractivity contribution in [1.29, 1.82) is 0 Å². The van der Waals surface area contributed by atoms with Crippen LogP contribution in [0.2, 0.25) is 0 Å². The van der Waals surface area contributed by atoms with Crippen LogP contribution in [0.1, 0.15) is 12.8 Å². The van der Waals surface area contributed by atoms with Gasteiger partial charge in [0, 0.05) is 12.6 Å². The van der Waals surface area contributed by atoms with Gasteiger partial charge in [0.25, 0.3) is 0 Å². The number of rotatable bonds is 1. The van der Waals surface area contributed by atoms with Crippen LogP contribution < -0.4 is 5.32 Å². The van der Waals surface area contributed by atoms with Crippen molar-refractivity contribution in [2.45, 2.75) is 37.3 Å². The van der Waals surface area contributed by atoms with Crippen LogP contribution in [-0.4, -0.2) is 41.3 Å². The van der Waals surface area contributed by atoms with Gasteiger partial charge in [0.05, 0.1) is 12.1 Å². The summed E-state index contributed by atoms with van der Waals surface area (Å²) in [5.74, 6) is 0. The maximum atomic E-state index is 8.84. The summed E-state index contributed by atoms with van der Waals surface area (Å²) in [5, 5.41) is 20.8. The smallest absolute Gasteiger partial charge is 0.167 e. The van der Waals surface area contributed by atoms with Crippen LogP contribution in [0.15, 0.2) is 0 Å². The van der Waals surface area contributed by atoms with Gasteiger partial charge in [-0.1, -0.05) is 0 Å². The molecule has 11 heavy (non-hydrogen) atoms. The van der Waals surface area contributed by atoms with Crippen molar-refractivity contribution < 1.29 is 14.9 Å². The highest BCUT2D eigenvalue weighted by Crippen LogP contribution is 2.25. The largest absolute Gasteiger partial charge is 0.376 e. The van der Waals surface area contributed by atoms with Crippen LogP contribution >= 0.6 is 0 Å². The number of ether oxygens (including phenoxy) is 1. The number of aliphatic hydroxyl groups is 2. The number of hydrogen-bond acceptors (Lipinski definition) is 4. The molecule has 0 aromatic rings. The fraction of sp³-hybridized carbons (Fsp3) is 1.00. The predicted octanol–water partition coefficient (Wildman–Crippen LogP) is -1.18. The first-order chi connectivity index (χ1) is 5.27. The summed E-state index contributed by atoms with van der Waals surface area (Å²) in [6, 6.07) is 0.159.